The Hall–Kier alpha value is -2.89. The van der Waals surface area contributed by atoms with Crippen molar-refractivity contribution in [3.63, 3.8) is 0 Å². The zero-order valence-electron chi connectivity index (χ0n) is 13.7. The molecule has 0 radical (unpaired) electrons. The number of amides is 1. The van der Waals surface area contributed by atoms with E-state index in [0.717, 1.165) is 28.2 Å². The zero-order valence-corrected chi connectivity index (χ0v) is 13.7. The average Bonchev–Trinajstić information content (AvgIpc) is 3.21. The van der Waals surface area contributed by atoms with Gasteiger partial charge in [0.15, 0.2) is 0 Å². The normalized spacial score (nSPS) is 17.0. The molecule has 0 unspecified atom stereocenters. The Balaban J connectivity index is 1.82. The lowest BCUT2D eigenvalue weighted by Crippen LogP contribution is -2.25. The van der Waals surface area contributed by atoms with Gasteiger partial charge in [0.1, 0.15) is 5.82 Å². The van der Waals surface area contributed by atoms with Crippen molar-refractivity contribution in [2.24, 2.45) is 0 Å². The molecule has 6 nitrogen and oxygen atoms in total. The van der Waals surface area contributed by atoms with E-state index in [4.69, 9.17) is 0 Å². The molecule has 3 heterocycles. The zero-order chi connectivity index (χ0) is 16.7. The number of carbonyl (C=O) groups excluding carboxylic acids is 1. The number of rotatable bonds is 3. The fraction of sp³-hybridized carbons (Fsp3) is 0.278. The first-order valence-electron chi connectivity index (χ1n) is 8.11. The predicted molar refractivity (Wildman–Crippen MR) is 91.7 cm³/mol. The van der Waals surface area contributed by atoms with E-state index in [1.54, 1.807) is 0 Å². The van der Waals surface area contributed by atoms with Crippen LogP contribution in [0.5, 0.6) is 0 Å². The number of nitrogens with zero attached hydrogens (tertiary/aromatic N) is 3. The summed E-state index contributed by atoms with van der Waals surface area (Å²) in [5, 5.41) is 14.8. The summed E-state index contributed by atoms with van der Waals surface area (Å²) in [6, 6.07) is 10.2. The van der Waals surface area contributed by atoms with Crippen LogP contribution >= 0.6 is 0 Å². The molecule has 3 aromatic rings. The molecule has 4 rings (SSSR count). The molecule has 1 aliphatic rings. The molecular weight excluding hydrogens is 302 g/mol. The van der Waals surface area contributed by atoms with Crippen molar-refractivity contribution in [1.29, 1.82) is 0 Å². The summed E-state index contributed by atoms with van der Waals surface area (Å²) >= 11 is 0. The second-order valence-corrected chi connectivity index (χ2v) is 6.36. The summed E-state index contributed by atoms with van der Waals surface area (Å²) in [4.78, 5) is 12.3. The molecule has 1 aromatic carbocycles. The number of nitrogens with one attached hydrogen (secondary N) is 2. The summed E-state index contributed by atoms with van der Waals surface area (Å²) in [7, 11) is 0. The van der Waals surface area contributed by atoms with Gasteiger partial charge in [0.2, 0.25) is 5.91 Å². The maximum absolute atomic E-state index is 12.3. The van der Waals surface area contributed by atoms with E-state index in [1.165, 1.54) is 0 Å². The van der Waals surface area contributed by atoms with Crippen LogP contribution < -0.4 is 5.32 Å². The molecule has 0 bridgehead atoms. The van der Waals surface area contributed by atoms with Crippen molar-refractivity contribution in [1.82, 2.24) is 20.0 Å². The third-order valence-corrected chi connectivity index (χ3v) is 4.44. The largest absolute Gasteiger partial charge is 0.311 e. The highest BCUT2D eigenvalue weighted by Crippen LogP contribution is 2.40. The maximum atomic E-state index is 12.3. The summed E-state index contributed by atoms with van der Waals surface area (Å²) in [6.45, 7) is 4.10. The van der Waals surface area contributed by atoms with Crippen molar-refractivity contribution in [3.05, 3.63) is 53.9 Å². The number of anilines is 1. The van der Waals surface area contributed by atoms with Gasteiger partial charge in [-0.25, -0.2) is 4.68 Å². The molecule has 0 fully saturated rings. The van der Waals surface area contributed by atoms with Crippen LogP contribution in [0, 0.1) is 0 Å². The standard InChI is InChI=1S/C18H19N5O/c1-11(2)23-18-15(10-20-23)13(8-16(24)21-18)14-9-19-22-17(14)12-6-4-3-5-7-12/h3-7,9-11,13H,8H2,1-2H3,(H,19,22)(H,21,24)/t13-/m1/s1. The minimum absolute atomic E-state index is 0.00936. The minimum Gasteiger partial charge on any atom is -0.311 e. The number of carbonyl (C=O) groups is 1. The highest BCUT2D eigenvalue weighted by Gasteiger charge is 2.32. The molecular formula is C18H19N5O. The van der Waals surface area contributed by atoms with Gasteiger partial charge < -0.3 is 5.32 Å². The summed E-state index contributed by atoms with van der Waals surface area (Å²) in [5.41, 5.74) is 4.09. The Labute approximate surface area is 139 Å². The van der Waals surface area contributed by atoms with Gasteiger partial charge in [-0.05, 0) is 19.4 Å². The third kappa shape index (κ3) is 2.31. The number of hydrogen-bond donors (Lipinski definition) is 2. The first kappa shape index (κ1) is 14.7. The second kappa shape index (κ2) is 5.63. The molecule has 1 amide bonds. The summed E-state index contributed by atoms with van der Waals surface area (Å²) in [5.74, 6) is 0.761. The lowest BCUT2D eigenvalue weighted by Gasteiger charge is -2.24. The van der Waals surface area contributed by atoms with Crippen molar-refractivity contribution in [3.8, 4) is 11.3 Å². The van der Waals surface area contributed by atoms with Crippen LogP contribution in [-0.2, 0) is 4.79 Å². The van der Waals surface area contributed by atoms with Crippen LogP contribution in [0.2, 0.25) is 0 Å². The van der Waals surface area contributed by atoms with Crippen LogP contribution in [-0.4, -0.2) is 25.9 Å². The van der Waals surface area contributed by atoms with Crippen LogP contribution in [0.25, 0.3) is 11.3 Å². The van der Waals surface area contributed by atoms with Gasteiger partial charge in [-0.1, -0.05) is 30.3 Å². The lowest BCUT2D eigenvalue weighted by atomic mass is 9.86. The fourth-order valence-corrected chi connectivity index (χ4v) is 3.30. The molecule has 122 valence electrons. The first-order chi connectivity index (χ1) is 11.6. The molecule has 2 N–H and O–H groups in total. The Bertz CT molecular complexity index is 878. The molecule has 1 atom stereocenters. The number of H-pyrrole nitrogens is 1. The van der Waals surface area contributed by atoms with E-state index >= 15 is 0 Å². The highest BCUT2D eigenvalue weighted by molar-refractivity contribution is 5.94. The molecule has 0 spiro atoms. The number of benzene rings is 1. The van der Waals surface area contributed by atoms with Gasteiger partial charge in [0.25, 0.3) is 0 Å². The maximum Gasteiger partial charge on any atom is 0.226 e. The molecule has 6 heteroatoms. The van der Waals surface area contributed by atoms with E-state index in [9.17, 15) is 4.79 Å². The van der Waals surface area contributed by atoms with E-state index < -0.39 is 0 Å². The Morgan fingerprint density at radius 1 is 1.17 bits per heavy atom. The number of aromatic nitrogens is 4. The average molecular weight is 321 g/mol. The summed E-state index contributed by atoms with van der Waals surface area (Å²) < 4.78 is 1.86. The monoisotopic (exact) mass is 321 g/mol. The smallest absolute Gasteiger partial charge is 0.226 e. The second-order valence-electron chi connectivity index (χ2n) is 6.36. The van der Waals surface area contributed by atoms with Gasteiger partial charge >= 0.3 is 0 Å². The van der Waals surface area contributed by atoms with Crippen LogP contribution in [0.3, 0.4) is 0 Å². The number of hydrogen-bond acceptors (Lipinski definition) is 3. The Morgan fingerprint density at radius 3 is 2.71 bits per heavy atom. The van der Waals surface area contributed by atoms with Crippen molar-refractivity contribution >= 4 is 11.7 Å². The Morgan fingerprint density at radius 2 is 1.96 bits per heavy atom. The van der Waals surface area contributed by atoms with Crippen molar-refractivity contribution < 1.29 is 4.79 Å². The number of fused-ring (bicyclic) bond motifs is 1. The van der Waals surface area contributed by atoms with E-state index in [2.05, 4.69) is 34.5 Å². The first-order valence-corrected chi connectivity index (χ1v) is 8.11. The fourth-order valence-electron chi connectivity index (χ4n) is 3.30. The third-order valence-electron chi connectivity index (χ3n) is 4.44. The van der Waals surface area contributed by atoms with Crippen molar-refractivity contribution in [2.45, 2.75) is 32.2 Å². The van der Waals surface area contributed by atoms with Gasteiger partial charge in [-0.2, -0.15) is 10.2 Å². The van der Waals surface area contributed by atoms with Gasteiger partial charge in [-0.3, -0.25) is 9.89 Å². The molecule has 0 saturated carbocycles. The van der Waals surface area contributed by atoms with Gasteiger partial charge in [0, 0.05) is 29.5 Å². The van der Waals surface area contributed by atoms with Crippen LogP contribution in [0.15, 0.2) is 42.7 Å². The van der Waals surface area contributed by atoms with Gasteiger partial charge in [0.05, 0.1) is 18.1 Å². The topological polar surface area (TPSA) is 75.6 Å². The quantitative estimate of drug-likeness (QED) is 0.777. The summed E-state index contributed by atoms with van der Waals surface area (Å²) in [6.07, 6.45) is 4.08. The Kier molecular flexibility index (Phi) is 3.45. The molecule has 0 aliphatic carbocycles. The van der Waals surface area contributed by atoms with E-state index in [0.29, 0.717) is 6.42 Å². The lowest BCUT2D eigenvalue weighted by molar-refractivity contribution is -0.116. The van der Waals surface area contributed by atoms with Crippen LogP contribution in [0.1, 0.15) is 43.4 Å². The highest BCUT2D eigenvalue weighted by atomic mass is 16.1. The van der Waals surface area contributed by atoms with E-state index in [-0.39, 0.29) is 17.9 Å². The van der Waals surface area contributed by atoms with Crippen molar-refractivity contribution in [2.75, 3.05) is 5.32 Å². The molecule has 2 aromatic heterocycles. The molecule has 1 aliphatic heterocycles. The minimum atomic E-state index is -0.0461. The number of aromatic amines is 1. The molecule has 0 saturated heterocycles. The van der Waals surface area contributed by atoms with Crippen LogP contribution in [0.4, 0.5) is 5.82 Å². The predicted octanol–water partition coefficient (Wildman–Crippen LogP) is 3.33. The van der Waals surface area contributed by atoms with Gasteiger partial charge in [-0.15, -0.1) is 0 Å². The van der Waals surface area contributed by atoms with E-state index in [1.807, 2.05) is 47.4 Å². The molecule has 24 heavy (non-hydrogen) atoms. The SMILES string of the molecule is CC(C)n1ncc2c1NC(=O)C[C@@H]2c1cn[nH]c1-c1ccccc1.